The van der Waals surface area contributed by atoms with Gasteiger partial charge in [-0.15, -0.1) is 0 Å². The van der Waals surface area contributed by atoms with Crippen LogP contribution in [0.1, 0.15) is 24.0 Å². The van der Waals surface area contributed by atoms with E-state index in [1.54, 1.807) is 0 Å². The van der Waals surface area contributed by atoms with E-state index in [9.17, 15) is 0 Å². The molecule has 2 aromatic carbocycles. The van der Waals surface area contributed by atoms with Crippen LogP contribution in [0.5, 0.6) is 0 Å². The largest absolute Gasteiger partial charge is 0.312 e. The summed E-state index contributed by atoms with van der Waals surface area (Å²) in [5.41, 5.74) is 2.81. The Morgan fingerprint density at radius 2 is 1.41 bits per heavy atom. The van der Waals surface area contributed by atoms with Gasteiger partial charge in [0.2, 0.25) is 0 Å². The van der Waals surface area contributed by atoms with Gasteiger partial charge in [-0.1, -0.05) is 60.7 Å². The van der Waals surface area contributed by atoms with Gasteiger partial charge in [-0.3, -0.25) is 4.90 Å². The van der Waals surface area contributed by atoms with Crippen LogP contribution in [0.2, 0.25) is 0 Å². The van der Waals surface area contributed by atoms with E-state index in [2.05, 4.69) is 70.9 Å². The van der Waals surface area contributed by atoms with Crippen molar-refractivity contribution < 1.29 is 0 Å². The number of nitrogens with one attached hydrogen (secondary N) is 1. The summed E-state index contributed by atoms with van der Waals surface area (Å²) >= 11 is 0. The molecule has 0 aliphatic carbocycles. The van der Waals surface area contributed by atoms with Crippen molar-refractivity contribution in [2.24, 2.45) is 5.92 Å². The van der Waals surface area contributed by atoms with Gasteiger partial charge >= 0.3 is 0 Å². The Hall–Kier alpha value is -1.64. The van der Waals surface area contributed by atoms with E-state index >= 15 is 0 Å². The van der Waals surface area contributed by atoms with Gasteiger partial charge in [-0.2, -0.15) is 0 Å². The van der Waals surface area contributed by atoms with Crippen molar-refractivity contribution in [1.29, 1.82) is 0 Å². The molecule has 0 atom stereocenters. The lowest BCUT2D eigenvalue weighted by Gasteiger charge is -2.32. The van der Waals surface area contributed by atoms with Crippen molar-refractivity contribution in [3.63, 3.8) is 0 Å². The normalized spacial score (nSPS) is 16.7. The highest BCUT2D eigenvalue weighted by atomic mass is 15.1. The van der Waals surface area contributed by atoms with Crippen LogP contribution in [-0.4, -0.2) is 24.5 Å². The molecule has 1 heterocycles. The predicted molar refractivity (Wildman–Crippen MR) is 92.6 cm³/mol. The van der Waals surface area contributed by atoms with E-state index in [4.69, 9.17) is 0 Å². The molecule has 1 fully saturated rings. The second kappa shape index (κ2) is 8.11. The SMILES string of the molecule is c1ccc(CNCC2CCN(Cc3ccccc3)CC2)cc1. The van der Waals surface area contributed by atoms with Crippen LogP contribution < -0.4 is 5.32 Å². The monoisotopic (exact) mass is 294 g/mol. The van der Waals surface area contributed by atoms with Gasteiger partial charge in [0.25, 0.3) is 0 Å². The van der Waals surface area contributed by atoms with Gasteiger partial charge in [0.05, 0.1) is 0 Å². The minimum atomic E-state index is 0.829. The van der Waals surface area contributed by atoms with Crippen molar-refractivity contribution in [3.8, 4) is 0 Å². The highest BCUT2D eigenvalue weighted by Gasteiger charge is 2.18. The van der Waals surface area contributed by atoms with Crippen molar-refractivity contribution in [3.05, 3.63) is 71.8 Å². The van der Waals surface area contributed by atoms with Gasteiger partial charge in [-0.25, -0.2) is 0 Å². The number of rotatable bonds is 6. The lowest BCUT2D eigenvalue weighted by Crippen LogP contribution is -2.36. The topological polar surface area (TPSA) is 15.3 Å². The summed E-state index contributed by atoms with van der Waals surface area (Å²) in [6.45, 7) is 5.70. The summed E-state index contributed by atoms with van der Waals surface area (Å²) in [6, 6.07) is 21.5. The van der Waals surface area contributed by atoms with Crippen molar-refractivity contribution >= 4 is 0 Å². The molecule has 0 radical (unpaired) electrons. The zero-order chi connectivity index (χ0) is 15.0. The van der Waals surface area contributed by atoms with Crippen molar-refractivity contribution in [2.75, 3.05) is 19.6 Å². The Balaban J connectivity index is 1.35. The summed E-state index contributed by atoms with van der Waals surface area (Å²) in [5, 5.41) is 3.62. The summed E-state index contributed by atoms with van der Waals surface area (Å²) in [7, 11) is 0. The van der Waals surface area contributed by atoms with E-state index < -0.39 is 0 Å². The van der Waals surface area contributed by atoms with Crippen molar-refractivity contribution in [2.45, 2.75) is 25.9 Å². The Morgan fingerprint density at radius 1 is 0.818 bits per heavy atom. The zero-order valence-corrected chi connectivity index (χ0v) is 13.2. The molecule has 0 unspecified atom stereocenters. The number of likely N-dealkylation sites (tertiary alicyclic amines) is 1. The van der Waals surface area contributed by atoms with E-state index in [0.717, 1.165) is 25.6 Å². The maximum Gasteiger partial charge on any atom is 0.0233 e. The van der Waals surface area contributed by atoms with Gasteiger partial charge < -0.3 is 5.32 Å². The van der Waals surface area contributed by atoms with E-state index in [1.165, 1.54) is 37.1 Å². The minimum absolute atomic E-state index is 0.829. The molecule has 2 nitrogen and oxygen atoms in total. The van der Waals surface area contributed by atoms with Crippen LogP contribution in [0.3, 0.4) is 0 Å². The molecule has 116 valence electrons. The van der Waals surface area contributed by atoms with Crippen LogP contribution in [0.4, 0.5) is 0 Å². The minimum Gasteiger partial charge on any atom is -0.312 e. The molecule has 1 N–H and O–H groups in total. The molecular weight excluding hydrogens is 268 g/mol. The summed E-state index contributed by atoms with van der Waals surface area (Å²) in [6.07, 6.45) is 2.63. The maximum absolute atomic E-state index is 3.62. The predicted octanol–water partition coefficient (Wildman–Crippen LogP) is 3.69. The molecule has 0 aromatic heterocycles. The van der Waals surface area contributed by atoms with Crippen LogP contribution in [0, 0.1) is 5.92 Å². The Kier molecular flexibility index (Phi) is 5.63. The molecule has 0 bridgehead atoms. The fourth-order valence-corrected chi connectivity index (χ4v) is 3.21. The number of piperidine rings is 1. The molecular formula is C20H26N2. The molecule has 1 aliphatic rings. The first kappa shape index (κ1) is 15.3. The average molecular weight is 294 g/mol. The molecule has 1 saturated heterocycles. The van der Waals surface area contributed by atoms with Gasteiger partial charge in [-0.05, 0) is 49.5 Å². The third-order valence-corrected chi connectivity index (χ3v) is 4.56. The fraction of sp³-hybridized carbons (Fsp3) is 0.400. The average Bonchev–Trinajstić information content (AvgIpc) is 2.58. The van der Waals surface area contributed by atoms with E-state index in [1.807, 2.05) is 0 Å². The third-order valence-electron chi connectivity index (χ3n) is 4.56. The molecule has 0 spiro atoms. The molecule has 22 heavy (non-hydrogen) atoms. The molecule has 3 rings (SSSR count). The maximum atomic E-state index is 3.62. The second-order valence-electron chi connectivity index (χ2n) is 6.32. The Bertz CT molecular complexity index is 530. The van der Waals surface area contributed by atoms with Crippen LogP contribution >= 0.6 is 0 Å². The number of benzene rings is 2. The molecule has 0 saturated carbocycles. The Morgan fingerprint density at radius 3 is 2.05 bits per heavy atom. The third kappa shape index (κ3) is 4.69. The van der Waals surface area contributed by atoms with Gasteiger partial charge in [0, 0.05) is 13.1 Å². The van der Waals surface area contributed by atoms with E-state index in [-0.39, 0.29) is 0 Å². The first-order valence-electron chi connectivity index (χ1n) is 8.41. The van der Waals surface area contributed by atoms with Gasteiger partial charge in [0.15, 0.2) is 0 Å². The van der Waals surface area contributed by atoms with Crippen LogP contribution in [-0.2, 0) is 13.1 Å². The van der Waals surface area contributed by atoms with E-state index in [0.29, 0.717) is 0 Å². The van der Waals surface area contributed by atoms with Gasteiger partial charge in [0.1, 0.15) is 0 Å². The zero-order valence-electron chi connectivity index (χ0n) is 13.2. The first-order chi connectivity index (χ1) is 10.9. The molecule has 0 amide bonds. The Labute approximate surface area is 134 Å². The fourth-order valence-electron chi connectivity index (χ4n) is 3.21. The number of nitrogens with zero attached hydrogens (tertiary/aromatic N) is 1. The lowest BCUT2D eigenvalue weighted by atomic mass is 9.96. The quantitative estimate of drug-likeness (QED) is 0.874. The highest BCUT2D eigenvalue weighted by Crippen LogP contribution is 2.18. The standard InChI is InChI=1S/C20H26N2/c1-3-7-18(8-4-1)15-21-16-19-11-13-22(14-12-19)17-20-9-5-2-6-10-20/h1-10,19,21H,11-17H2. The second-order valence-corrected chi connectivity index (χ2v) is 6.32. The number of hydrogen-bond acceptors (Lipinski definition) is 2. The molecule has 2 heteroatoms. The number of hydrogen-bond donors (Lipinski definition) is 1. The van der Waals surface area contributed by atoms with Crippen LogP contribution in [0.25, 0.3) is 0 Å². The summed E-state index contributed by atoms with van der Waals surface area (Å²) < 4.78 is 0. The molecule has 1 aliphatic heterocycles. The first-order valence-corrected chi connectivity index (χ1v) is 8.41. The smallest absolute Gasteiger partial charge is 0.0233 e. The highest BCUT2D eigenvalue weighted by molar-refractivity contribution is 5.15. The van der Waals surface area contributed by atoms with Crippen molar-refractivity contribution in [1.82, 2.24) is 10.2 Å². The summed E-state index contributed by atoms with van der Waals surface area (Å²) in [4.78, 5) is 2.59. The molecule has 2 aromatic rings. The van der Waals surface area contributed by atoms with Crippen LogP contribution in [0.15, 0.2) is 60.7 Å². The lowest BCUT2D eigenvalue weighted by molar-refractivity contribution is 0.175. The summed E-state index contributed by atoms with van der Waals surface area (Å²) in [5.74, 6) is 0.829.